The number of methoxy groups -OCH3 is 1. The van der Waals surface area contributed by atoms with E-state index in [1.54, 1.807) is 7.11 Å². The minimum atomic E-state index is -0.105. The molecule has 0 aliphatic carbocycles. The van der Waals surface area contributed by atoms with Crippen LogP contribution in [0.2, 0.25) is 0 Å². The number of nitrogens with zero attached hydrogens (tertiary/aromatic N) is 1. The fraction of sp³-hybridized carbons (Fsp3) is 0.929. The first-order chi connectivity index (χ1) is 9.58. The Morgan fingerprint density at radius 1 is 1.10 bits per heavy atom. The molecule has 3 N–H and O–H groups in total. The van der Waals surface area contributed by atoms with Crippen LogP contribution in [0.3, 0.4) is 0 Å². The van der Waals surface area contributed by atoms with Crippen LogP contribution in [0.25, 0.3) is 0 Å². The molecule has 6 heteroatoms. The summed E-state index contributed by atoms with van der Waals surface area (Å²) in [6, 6.07) is 0. The van der Waals surface area contributed by atoms with E-state index < -0.39 is 0 Å². The molecule has 0 aromatic rings. The third-order valence-corrected chi connectivity index (χ3v) is 3.97. The number of nitrogens with one attached hydrogen (secondary N) is 1. The SMILES string of the molecule is COCCOCCOCCN1CCC(C)(C(=N)N)CC1. The Bertz CT molecular complexity index is 279. The summed E-state index contributed by atoms with van der Waals surface area (Å²) in [6.45, 7) is 8.22. The monoisotopic (exact) mass is 287 g/mol. The fourth-order valence-electron chi connectivity index (χ4n) is 2.20. The maximum atomic E-state index is 7.63. The van der Waals surface area contributed by atoms with Crippen molar-refractivity contribution in [1.82, 2.24) is 4.90 Å². The number of piperidine rings is 1. The molecule has 0 unspecified atom stereocenters. The normalized spacial score (nSPS) is 19.1. The third-order valence-electron chi connectivity index (χ3n) is 3.97. The minimum absolute atomic E-state index is 0.105. The zero-order valence-corrected chi connectivity index (χ0v) is 12.8. The molecule has 1 aliphatic rings. The van der Waals surface area contributed by atoms with Gasteiger partial charge in [0, 0.05) is 19.1 Å². The third kappa shape index (κ3) is 6.17. The molecule has 118 valence electrons. The summed E-state index contributed by atoms with van der Waals surface area (Å²) in [5, 5.41) is 7.63. The molecule has 0 saturated carbocycles. The van der Waals surface area contributed by atoms with Gasteiger partial charge in [-0.25, -0.2) is 0 Å². The van der Waals surface area contributed by atoms with Gasteiger partial charge in [-0.05, 0) is 25.9 Å². The second-order valence-corrected chi connectivity index (χ2v) is 5.53. The molecular formula is C14H29N3O3. The number of rotatable bonds is 10. The molecule has 1 rings (SSSR count). The lowest BCUT2D eigenvalue weighted by Crippen LogP contribution is -2.45. The van der Waals surface area contributed by atoms with Gasteiger partial charge in [0.2, 0.25) is 0 Å². The quantitative estimate of drug-likeness (QED) is 0.351. The van der Waals surface area contributed by atoms with Crippen LogP contribution in [0, 0.1) is 10.8 Å². The van der Waals surface area contributed by atoms with Crippen LogP contribution < -0.4 is 5.73 Å². The Morgan fingerprint density at radius 3 is 2.20 bits per heavy atom. The van der Waals surface area contributed by atoms with Crippen molar-refractivity contribution < 1.29 is 14.2 Å². The van der Waals surface area contributed by atoms with Gasteiger partial charge in [0.25, 0.3) is 0 Å². The topological polar surface area (TPSA) is 80.8 Å². The fourth-order valence-corrected chi connectivity index (χ4v) is 2.20. The lowest BCUT2D eigenvalue weighted by molar-refractivity contribution is 0.0165. The first kappa shape index (κ1) is 17.4. The molecule has 0 aromatic heterocycles. The van der Waals surface area contributed by atoms with E-state index in [-0.39, 0.29) is 5.41 Å². The van der Waals surface area contributed by atoms with Crippen molar-refractivity contribution in [2.75, 3.05) is 59.8 Å². The number of ether oxygens (including phenoxy) is 3. The maximum Gasteiger partial charge on any atom is 0.0966 e. The van der Waals surface area contributed by atoms with E-state index in [1.165, 1.54) is 0 Å². The van der Waals surface area contributed by atoms with Crippen LogP contribution in [-0.4, -0.2) is 70.5 Å². The average Bonchev–Trinajstić information content (AvgIpc) is 2.44. The summed E-state index contributed by atoms with van der Waals surface area (Å²) in [4.78, 5) is 2.37. The number of hydrogen-bond donors (Lipinski definition) is 2. The average molecular weight is 287 g/mol. The molecule has 1 fully saturated rings. The highest BCUT2D eigenvalue weighted by Gasteiger charge is 2.32. The summed E-state index contributed by atoms with van der Waals surface area (Å²) < 4.78 is 15.7. The van der Waals surface area contributed by atoms with Gasteiger partial charge < -0.3 is 24.8 Å². The van der Waals surface area contributed by atoms with Crippen LogP contribution in [0.5, 0.6) is 0 Å². The molecule has 0 spiro atoms. The zero-order valence-electron chi connectivity index (χ0n) is 12.8. The van der Waals surface area contributed by atoms with Gasteiger partial charge >= 0.3 is 0 Å². The highest BCUT2D eigenvalue weighted by molar-refractivity contribution is 5.83. The Morgan fingerprint density at radius 2 is 1.65 bits per heavy atom. The molecule has 6 nitrogen and oxygen atoms in total. The summed E-state index contributed by atoms with van der Waals surface area (Å²) >= 11 is 0. The molecule has 0 aromatic carbocycles. The second kappa shape index (κ2) is 9.28. The first-order valence-electron chi connectivity index (χ1n) is 7.30. The second-order valence-electron chi connectivity index (χ2n) is 5.53. The van der Waals surface area contributed by atoms with Crippen molar-refractivity contribution >= 4 is 5.84 Å². The van der Waals surface area contributed by atoms with Crippen LogP contribution in [0.1, 0.15) is 19.8 Å². The first-order valence-corrected chi connectivity index (χ1v) is 7.30. The van der Waals surface area contributed by atoms with E-state index in [4.69, 9.17) is 25.4 Å². The Kier molecular flexibility index (Phi) is 8.06. The summed E-state index contributed by atoms with van der Waals surface area (Å²) in [7, 11) is 1.66. The highest BCUT2D eigenvalue weighted by atomic mass is 16.5. The summed E-state index contributed by atoms with van der Waals surface area (Å²) in [6.07, 6.45) is 1.92. The van der Waals surface area contributed by atoms with Crippen molar-refractivity contribution in [1.29, 1.82) is 5.41 Å². The lowest BCUT2D eigenvalue weighted by atomic mass is 9.79. The van der Waals surface area contributed by atoms with Gasteiger partial charge in [-0.15, -0.1) is 0 Å². The Hall–Kier alpha value is -0.690. The van der Waals surface area contributed by atoms with Crippen LogP contribution >= 0.6 is 0 Å². The minimum Gasteiger partial charge on any atom is -0.387 e. The maximum absolute atomic E-state index is 7.63. The molecule has 1 heterocycles. The summed E-state index contributed by atoms with van der Waals surface area (Å²) in [5.74, 6) is 0.321. The van der Waals surface area contributed by atoms with Crippen molar-refractivity contribution in [2.24, 2.45) is 11.1 Å². The number of likely N-dealkylation sites (tertiary alicyclic amines) is 1. The van der Waals surface area contributed by atoms with Gasteiger partial charge in [-0.3, -0.25) is 5.41 Å². The molecule has 0 bridgehead atoms. The van der Waals surface area contributed by atoms with Crippen LogP contribution in [0.4, 0.5) is 0 Å². The molecule has 0 radical (unpaired) electrons. The zero-order chi connectivity index (χ0) is 14.8. The van der Waals surface area contributed by atoms with E-state index >= 15 is 0 Å². The van der Waals surface area contributed by atoms with Crippen molar-refractivity contribution in [3.63, 3.8) is 0 Å². The van der Waals surface area contributed by atoms with E-state index in [2.05, 4.69) is 11.8 Å². The van der Waals surface area contributed by atoms with E-state index in [0.29, 0.717) is 32.3 Å². The van der Waals surface area contributed by atoms with Crippen molar-refractivity contribution in [3.8, 4) is 0 Å². The standard InChI is InChI=1S/C14H29N3O3/c1-14(13(15)16)3-5-17(6-4-14)7-8-19-11-12-20-10-9-18-2/h3-12H2,1-2H3,(H3,15,16). The van der Waals surface area contributed by atoms with Crippen LogP contribution in [-0.2, 0) is 14.2 Å². The number of nitrogens with two attached hydrogens (primary N) is 1. The molecule has 0 amide bonds. The van der Waals surface area contributed by atoms with Crippen molar-refractivity contribution in [3.05, 3.63) is 0 Å². The number of hydrogen-bond acceptors (Lipinski definition) is 5. The molecule has 0 atom stereocenters. The van der Waals surface area contributed by atoms with Crippen molar-refractivity contribution in [2.45, 2.75) is 19.8 Å². The van der Waals surface area contributed by atoms with Gasteiger partial charge in [-0.2, -0.15) is 0 Å². The highest BCUT2D eigenvalue weighted by Crippen LogP contribution is 2.30. The van der Waals surface area contributed by atoms with Gasteiger partial charge in [0.15, 0.2) is 0 Å². The molecule has 1 saturated heterocycles. The predicted molar refractivity (Wildman–Crippen MR) is 79.2 cm³/mol. The van der Waals surface area contributed by atoms with E-state index in [1.807, 2.05) is 0 Å². The smallest absolute Gasteiger partial charge is 0.0966 e. The Labute approximate surface area is 122 Å². The van der Waals surface area contributed by atoms with E-state index in [9.17, 15) is 0 Å². The van der Waals surface area contributed by atoms with Crippen LogP contribution in [0.15, 0.2) is 0 Å². The van der Waals surface area contributed by atoms with E-state index in [0.717, 1.165) is 39.1 Å². The number of amidine groups is 1. The lowest BCUT2D eigenvalue weighted by Gasteiger charge is -2.38. The van der Waals surface area contributed by atoms with Gasteiger partial charge in [0.05, 0.1) is 38.9 Å². The molecule has 1 aliphatic heterocycles. The Balaban J connectivity index is 1.98. The predicted octanol–water partition coefficient (Wildman–Crippen LogP) is 0.704. The van der Waals surface area contributed by atoms with Gasteiger partial charge in [-0.1, -0.05) is 6.92 Å². The largest absolute Gasteiger partial charge is 0.387 e. The molecular weight excluding hydrogens is 258 g/mol. The summed E-state index contributed by atoms with van der Waals surface area (Å²) in [5.41, 5.74) is 5.55. The molecule has 20 heavy (non-hydrogen) atoms. The van der Waals surface area contributed by atoms with Gasteiger partial charge in [0.1, 0.15) is 0 Å².